The molecule has 11 heteroatoms. The van der Waals surface area contributed by atoms with E-state index in [1.165, 1.54) is 141 Å². The molecule has 0 aromatic carbocycles. The second-order valence-corrected chi connectivity index (χ2v) is 16.1. The largest absolute Gasteiger partial charge is 2.00 e. The van der Waals surface area contributed by atoms with E-state index in [0.717, 1.165) is 37.5 Å². The van der Waals surface area contributed by atoms with E-state index in [1.807, 2.05) is 0 Å². The zero-order chi connectivity index (χ0) is 34.8. The van der Waals surface area contributed by atoms with Crippen LogP contribution in [0.15, 0.2) is 0 Å². The maximum atomic E-state index is 10.2. The predicted octanol–water partition coefficient (Wildman–Crippen LogP) is 10.8. The number of hydrogen-bond acceptors (Lipinski definition) is 8. The topological polar surface area (TPSA) is 133 Å². The third-order valence-corrected chi connectivity index (χ3v) is 9.22. The summed E-state index contributed by atoms with van der Waals surface area (Å²) in [6, 6.07) is 0. The molecule has 0 aromatic rings. The summed E-state index contributed by atoms with van der Waals surface area (Å²) < 4.78 is 69.6. The van der Waals surface area contributed by atoms with Crippen LogP contribution >= 0.6 is 0 Å². The van der Waals surface area contributed by atoms with Gasteiger partial charge >= 0.3 is 37.7 Å². The van der Waals surface area contributed by atoms with Gasteiger partial charge in [0.1, 0.15) is 0 Å². The van der Waals surface area contributed by atoms with Crippen LogP contribution < -0.4 is 0 Å². The molecule has 0 aliphatic heterocycles. The molecule has 0 unspecified atom stereocenters. The fraction of sp³-hybridized carbons (Fsp3) is 1.00. The van der Waals surface area contributed by atoms with E-state index in [-0.39, 0.29) is 51.0 Å². The van der Waals surface area contributed by atoms with Crippen molar-refractivity contribution in [1.29, 1.82) is 0 Å². The minimum atomic E-state index is -4.50. The molecule has 0 bridgehead atoms. The summed E-state index contributed by atoms with van der Waals surface area (Å²) in [6.45, 7) is 9.25. The number of hydrogen-bond donors (Lipinski definition) is 0. The van der Waals surface area contributed by atoms with Gasteiger partial charge in [0.25, 0.3) is 0 Å². The smallest absolute Gasteiger partial charge is 0.726 e. The first kappa shape index (κ1) is 52.4. The Balaban J connectivity index is -0.000000807. The van der Waals surface area contributed by atoms with E-state index in [2.05, 4.69) is 36.1 Å². The minimum Gasteiger partial charge on any atom is -0.726 e. The Morgan fingerprint density at radius 1 is 0.362 bits per heavy atom. The summed E-state index contributed by atoms with van der Waals surface area (Å²) in [4.78, 5) is 0. The molecule has 0 atom stereocenters. The van der Waals surface area contributed by atoms with Gasteiger partial charge in [0.15, 0.2) is 0 Å². The van der Waals surface area contributed by atoms with Crippen molar-refractivity contribution in [1.82, 2.24) is 0 Å². The monoisotopic (exact) mass is 738 g/mol. The molecule has 0 aliphatic carbocycles. The normalized spacial score (nSPS) is 11.9. The molecule has 0 radical (unpaired) electrons. The SMILES string of the molecule is CC(C)CCCCCCCCCCCCCCCOS(=O)(=O)[O-].CC(C)CCCCCCCCCCCCCCCOS(=O)(=O)[O-].[Ca+2]. The standard InChI is InChI=1S/2C18H38O4S.Ca/c2*1-18(2)16-14-12-10-8-6-4-3-5-7-9-11-13-15-17-22-23(19,20)21;/h2*18H,3-17H2,1-2H3,(H,19,20,21);/q;;+2/p-2. The van der Waals surface area contributed by atoms with Gasteiger partial charge in [-0.05, 0) is 24.7 Å². The maximum Gasteiger partial charge on any atom is 2.00 e. The maximum absolute atomic E-state index is 10.2. The van der Waals surface area contributed by atoms with Crippen LogP contribution in [0, 0.1) is 11.8 Å². The zero-order valence-corrected chi connectivity index (χ0v) is 35.0. The molecular formula is C36H74CaO8S2. The Kier molecular flexibility index (Phi) is 42.6. The Labute approximate surface area is 323 Å². The average Bonchev–Trinajstić information content (AvgIpc) is 2.95. The average molecular weight is 739 g/mol. The van der Waals surface area contributed by atoms with E-state index < -0.39 is 20.8 Å². The molecular weight excluding hydrogens is 665 g/mol. The Morgan fingerprint density at radius 3 is 0.702 bits per heavy atom. The Bertz CT molecular complexity index is 753. The van der Waals surface area contributed by atoms with Crippen LogP contribution in [0.3, 0.4) is 0 Å². The van der Waals surface area contributed by atoms with E-state index in [0.29, 0.717) is 12.8 Å². The molecule has 8 nitrogen and oxygen atoms in total. The van der Waals surface area contributed by atoms with Crippen LogP contribution in [-0.2, 0) is 29.2 Å². The van der Waals surface area contributed by atoms with Gasteiger partial charge < -0.3 is 9.11 Å². The zero-order valence-electron chi connectivity index (χ0n) is 31.2. The van der Waals surface area contributed by atoms with Crippen LogP contribution in [0.4, 0.5) is 0 Å². The molecule has 280 valence electrons. The molecule has 0 heterocycles. The summed E-state index contributed by atoms with van der Waals surface area (Å²) in [5.74, 6) is 1.70. The quantitative estimate of drug-likeness (QED) is 0.0276. The van der Waals surface area contributed by atoms with Crippen molar-refractivity contribution in [2.24, 2.45) is 11.8 Å². The van der Waals surface area contributed by atoms with Crippen LogP contribution in [0.25, 0.3) is 0 Å². The first-order valence-electron chi connectivity index (χ1n) is 19.0. The number of rotatable bonds is 34. The van der Waals surface area contributed by atoms with Crippen molar-refractivity contribution < 1.29 is 34.3 Å². The molecule has 0 rings (SSSR count). The molecule has 47 heavy (non-hydrogen) atoms. The van der Waals surface area contributed by atoms with Crippen molar-refractivity contribution in [3.8, 4) is 0 Å². The van der Waals surface area contributed by atoms with Gasteiger partial charge in [-0.15, -0.1) is 0 Å². The summed E-state index contributed by atoms with van der Waals surface area (Å²) in [5.41, 5.74) is 0. The van der Waals surface area contributed by atoms with Gasteiger partial charge in [0.2, 0.25) is 20.8 Å². The van der Waals surface area contributed by atoms with Crippen LogP contribution in [0.1, 0.15) is 207 Å². The van der Waals surface area contributed by atoms with Crippen molar-refractivity contribution in [3.63, 3.8) is 0 Å². The molecule has 0 amide bonds. The summed E-state index contributed by atoms with van der Waals surface area (Å²) in [6.07, 6.45) is 34.9. The summed E-state index contributed by atoms with van der Waals surface area (Å²) >= 11 is 0. The molecule has 0 aromatic heterocycles. The van der Waals surface area contributed by atoms with Gasteiger partial charge in [-0.3, -0.25) is 8.37 Å². The molecule has 0 saturated heterocycles. The molecule has 0 spiro atoms. The van der Waals surface area contributed by atoms with Crippen molar-refractivity contribution in [3.05, 3.63) is 0 Å². The van der Waals surface area contributed by atoms with Gasteiger partial charge in [-0.2, -0.15) is 0 Å². The summed E-state index contributed by atoms with van der Waals surface area (Å²) in [7, 11) is -8.99. The first-order chi connectivity index (χ1) is 21.8. The first-order valence-corrected chi connectivity index (χ1v) is 21.7. The molecule has 0 saturated carbocycles. The van der Waals surface area contributed by atoms with Crippen molar-refractivity contribution >= 4 is 58.5 Å². The fourth-order valence-corrected chi connectivity index (χ4v) is 6.16. The van der Waals surface area contributed by atoms with E-state index in [9.17, 15) is 25.9 Å². The predicted molar refractivity (Wildman–Crippen MR) is 196 cm³/mol. The van der Waals surface area contributed by atoms with Gasteiger partial charge in [0.05, 0.1) is 13.2 Å². The third kappa shape index (κ3) is 56.6. The second kappa shape index (κ2) is 38.2. The van der Waals surface area contributed by atoms with E-state index in [1.54, 1.807) is 0 Å². The summed E-state index contributed by atoms with van der Waals surface area (Å²) in [5, 5.41) is 0. The van der Waals surface area contributed by atoms with Crippen LogP contribution in [-0.4, -0.2) is 76.9 Å². The fourth-order valence-electron chi connectivity index (χ4n) is 5.52. The van der Waals surface area contributed by atoms with Crippen LogP contribution in [0.2, 0.25) is 0 Å². The molecule has 0 fully saturated rings. The van der Waals surface area contributed by atoms with Crippen molar-refractivity contribution in [2.45, 2.75) is 207 Å². The van der Waals surface area contributed by atoms with E-state index in [4.69, 9.17) is 0 Å². The van der Waals surface area contributed by atoms with Crippen molar-refractivity contribution in [2.75, 3.05) is 13.2 Å². The second-order valence-electron chi connectivity index (χ2n) is 14.0. The van der Waals surface area contributed by atoms with Gasteiger partial charge in [-0.1, -0.05) is 195 Å². The van der Waals surface area contributed by atoms with Gasteiger partial charge in [-0.25, -0.2) is 16.8 Å². The van der Waals surface area contributed by atoms with Gasteiger partial charge in [0, 0.05) is 0 Å². The Hall–Kier alpha value is 1.000. The third-order valence-electron chi connectivity index (χ3n) is 8.31. The number of unbranched alkanes of at least 4 members (excludes halogenated alkanes) is 24. The Morgan fingerprint density at radius 2 is 0.532 bits per heavy atom. The van der Waals surface area contributed by atoms with Crippen LogP contribution in [0.5, 0.6) is 0 Å². The molecule has 0 aliphatic rings. The van der Waals surface area contributed by atoms with E-state index >= 15 is 0 Å². The molecule has 0 N–H and O–H groups in total. The minimum absolute atomic E-state index is 0.